The number of aromatic carboxylic acids is 1. The molecule has 0 amide bonds. The number of hydrogen-bond donors (Lipinski definition) is 1. The van der Waals surface area contributed by atoms with Crippen LogP contribution < -0.4 is 5.82 Å². The van der Waals surface area contributed by atoms with Gasteiger partial charge in [0.05, 0.1) is 11.3 Å². The van der Waals surface area contributed by atoms with Crippen LogP contribution in [0, 0.1) is 13.8 Å². The van der Waals surface area contributed by atoms with Crippen molar-refractivity contribution in [2.24, 2.45) is 0 Å². The summed E-state index contributed by atoms with van der Waals surface area (Å²) in [6, 6.07) is 5.20. The van der Waals surface area contributed by atoms with E-state index in [4.69, 9.17) is 13.9 Å². The molecule has 0 bridgehead atoms. The van der Waals surface area contributed by atoms with Crippen LogP contribution in [0.15, 0.2) is 36.7 Å². The fourth-order valence-corrected chi connectivity index (χ4v) is 2.60. The van der Waals surface area contributed by atoms with Crippen molar-refractivity contribution in [1.82, 2.24) is 0 Å². The molecular formula is C13H12O5S. The van der Waals surface area contributed by atoms with Crippen LogP contribution in [0.3, 0.4) is 0 Å². The summed E-state index contributed by atoms with van der Waals surface area (Å²) in [4.78, 5) is 22.7. The molecule has 0 atom stereocenters. The maximum Gasteiger partial charge on any atom is 0.519 e. The van der Waals surface area contributed by atoms with Crippen molar-refractivity contribution >= 4 is 17.7 Å². The zero-order valence-electron chi connectivity index (χ0n) is 10.4. The van der Waals surface area contributed by atoms with Gasteiger partial charge in [0.1, 0.15) is 5.76 Å². The monoisotopic (exact) mass is 280 g/mol. The van der Waals surface area contributed by atoms with E-state index < -0.39 is 11.8 Å². The molecule has 5 nitrogen and oxygen atoms in total. The van der Waals surface area contributed by atoms with Gasteiger partial charge in [-0.3, -0.25) is 0 Å². The molecule has 6 heteroatoms. The molecule has 1 heterocycles. The second-order valence-corrected chi connectivity index (χ2v) is 5.04. The van der Waals surface area contributed by atoms with E-state index in [-0.39, 0.29) is 5.56 Å². The van der Waals surface area contributed by atoms with Crippen molar-refractivity contribution in [3.05, 3.63) is 51.5 Å². The Morgan fingerprint density at radius 1 is 1.32 bits per heavy atom. The molecular weight excluding hydrogens is 268 g/mol. The third-order valence-corrected chi connectivity index (χ3v) is 3.63. The minimum absolute atomic E-state index is 0.244. The summed E-state index contributed by atoms with van der Waals surface area (Å²) < 4.78 is 9.62. The highest BCUT2D eigenvalue weighted by Gasteiger charge is 2.13. The zero-order valence-corrected chi connectivity index (χ0v) is 11.2. The van der Waals surface area contributed by atoms with Gasteiger partial charge >= 0.3 is 11.8 Å². The Labute approximate surface area is 113 Å². The highest BCUT2D eigenvalue weighted by Crippen LogP contribution is 2.28. The van der Waals surface area contributed by atoms with Gasteiger partial charge in [-0.25, -0.2) is 9.59 Å². The highest BCUT2D eigenvalue weighted by molar-refractivity contribution is 7.98. The highest BCUT2D eigenvalue weighted by atomic mass is 32.2. The van der Waals surface area contributed by atoms with Gasteiger partial charge in [0.25, 0.3) is 0 Å². The lowest BCUT2D eigenvalue weighted by molar-refractivity contribution is 0.0693. The Morgan fingerprint density at radius 3 is 2.63 bits per heavy atom. The Morgan fingerprint density at radius 2 is 2.05 bits per heavy atom. The van der Waals surface area contributed by atoms with Crippen molar-refractivity contribution in [2.75, 3.05) is 0 Å². The lowest BCUT2D eigenvalue weighted by Gasteiger charge is -2.05. The van der Waals surface area contributed by atoms with Gasteiger partial charge < -0.3 is 13.9 Å². The smallest absolute Gasteiger partial charge is 0.478 e. The Bertz CT molecular complexity index is 668. The second-order valence-electron chi connectivity index (χ2n) is 4.03. The molecule has 0 aliphatic heterocycles. The van der Waals surface area contributed by atoms with Crippen LogP contribution in [0.1, 0.15) is 27.4 Å². The van der Waals surface area contributed by atoms with Crippen LogP contribution in [-0.4, -0.2) is 11.1 Å². The van der Waals surface area contributed by atoms with E-state index in [9.17, 15) is 9.59 Å². The minimum Gasteiger partial charge on any atom is -0.478 e. The molecule has 0 saturated heterocycles. The summed E-state index contributed by atoms with van der Waals surface area (Å²) in [6.07, 6.45) is 0. The number of carbonyl (C=O) groups is 1. The summed E-state index contributed by atoms with van der Waals surface area (Å²) in [5.41, 5.74) is 1.13. The number of carboxylic acids is 1. The summed E-state index contributed by atoms with van der Waals surface area (Å²) in [5, 5.41) is 9.14. The van der Waals surface area contributed by atoms with Crippen LogP contribution in [0.4, 0.5) is 0 Å². The predicted octanol–water partition coefficient (Wildman–Crippen LogP) is 2.84. The quantitative estimate of drug-likeness (QED) is 0.867. The van der Waals surface area contributed by atoms with Crippen LogP contribution in [0.25, 0.3) is 0 Å². The Balaban J connectivity index is 2.22. The zero-order chi connectivity index (χ0) is 14.0. The average molecular weight is 280 g/mol. The Kier molecular flexibility index (Phi) is 3.80. The van der Waals surface area contributed by atoms with Crippen molar-refractivity contribution in [3.8, 4) is 0 Å². The molecule has 1 aromatic heterocycles. The lowest BCUT2D eigenvalue weighted by atomic mass is 10.1. The van der Waals surface area contributed by atoms with Gasteiger partial charge in [-0.05, 0) is 26.0 Å². The number of aryl methyl sites for hydroxylation is 2. The molecule has 0 saturated carbocycles. The standard InChI is InChI=1S/C13H12O5S/c1-7-3-4-11(9(5-7)12(14)15)19-6-10-8(2)17-13(16)18-10/h3-5H,6H2,1-2H3,(H,14,15). The maximum absolute atomic E-state index is 11.2. The van der Waals surface area contributed by atoms with Gasteiger partial charge in [0.15, 0.2) is 5.76 Å². The van der Waals surface area contributed by atoms with Crippen molar-refractivity contribution < 1.29 is 18.7 Å². The van der Waals surface area contributed by atoms with Crippen molar-refractivity contribution in [3.63, 3.8) is 0 Å². The lowest BCUT2D eigenvalue weighted by Crippen LogP contribution is -1.99. The summed E-state index contributed by atoms with van der Waals surface area (Å²) in [5.74, 6) is -0.526. The fraction of sp³-hybridized carbons (Fsp3) is 0.231. The largest absolute Gasteiger partial charge is 0.519 e. The SMILES string of the molecule is Cc1ccc(SCc2oc(=O)oc2C)c(C(=O)O)c1. The number of rotatable bonds is 4. The summed E-state index contributed by atoms with van der Waals surface area (Å²) >= 11 is 1.29. The molecule has 100 valence electrons. The molecule has 19 heavy (non-hydrogen) atoms. The molecule has 0 radical (unpaired) electrons. The van der Waals surface area contributed by atoms with Crippen LogP contribution in [-0.2, 0) is 5.75 Å². The molecule has 0 spiro atoms. The van der Waals surface area contributed by atoms with Gasteiger partial charge in [-0.15, -0.1) is 11.8 Å². The molecule has 1 aromatic carbocycles. The normalized spacial score (nSPS) is 10.6. The van der Waals surface area contributed by atoms with E-state index in [2.05, 4.69) is 0 Å². The third-order valence-electron chi connectivity index (χ3n) is 2.56. The maximum atomic E-state index is 11.2. The second kappa shape index (κ2) is 5.36. The molecule has 2 rings (SSSR count). The van der Waals surface area contributed by atoms with Crippen LogP contribution in [0.5, 0.6) is 0 Å². The van der Waals surface area contributed by atoms with Crippen molar-refractivity contribution in [1.29, 1.82) is 0 Å². The van der Waals surface area contributed by atoms with Gasteiger partial charge in [-0.2, -0.15) is 0 Å². The predicted molar refractivity (Wildman–Crippen MR) is 69.7 cm³/mol. The molecule has 2 aromatic rings. The number of carboxylic acid groups (broad SMARTS) is 1. The topological polar surface area (TPSA) is 80.7 Å². The Hall–Kier alpha value is -1.95. The third kappa shape index (κ3) is 3.08. The van der Waals surface area contributed by atoms with Crippen LogP contribution in [0.2, 0.25) is 0 Å². The van der Waals surface area contributed by atoms with E-state index in [0.29, 0.717) is 22.2 Å². The van der Waals surface area contributed by atoms with Gasteiger partial charge in [0.2, 0.25) is 0 Å². The average Bonchev–Trinajstić information content (AvgIpc) is 2.66. The van der Waals surface area contributed by atoms with E-state index in [1.807, 2.05) is 13.0 Å². The first-order chi connectivity index (χ1) is 8.97. The van der Waals surface area contributed by atoms with Crippen molar-refractivity contribution in [2.45, 2.75) is 24.5 Å². The van der Waals surface area contributed by atoms with E-state index in [0.717, 1.165) is 5.56 Å². The van der Waals surface area contributed by atoms with Crippen LogP contribution >= 0.6 is 11.8 Å². The number of benzene rings is 1. The summed E-state index contributed by atoms with van der Waals surface area (Å²) in [7, 11) is 0. The first-order valence-electron chi connectivity index (χ1n) is 5.53. The molecule has 0 aliphatic carbocycles. The summed E-state index contributed by atoms with van der Waals surface area (Å²) in [6.45, 7) is 3.47. The number of hydrogen-bond acceptors (Lipinski definition) is 5. The van der Waals surface area contributed by atoms with Gasteiger partial charge in [0, 0.05) is 4.90 Å². The van der Waals surface area contributed by atoms with E-state index >= 15 is 0 Å². The number of thioether (sulfide) groups is 1. The van der Waals surface area contributed by atoms with Gasteiger partial charge in [-0.1, -0.05) is 11.6 Å². The minimum atomic E-state index is -0.975. The van der Waals surface area contributed by atoms with E-state index in [1.54, 1.807) is 19.1 Å². The molecule has 0 unspecified atom stereocenters. The fourth-order valence-electron chi connectivity index (χ4n) is 1.59. The molecule has 0 aliphatic rings. The van der Waals surface area contributed by atoms with E-state index in [1.165, 1.54) is 11.8 Å². The molecule has 0 fully saturated rings. The molecule has 1 N–H and O–H groups in total. The first-order valence-corrected chi connectivity index (χ1v) is 6.52. The first kappa shape index (κ1) is 13.5.